The van der Waals surface area contributed by atoms with Crippen molar-refractivity contribution >= 4 is 6.29 Å². The van der Waals surface area contributed by atoms with Gasteiger partial charge in [-0.05, 0) is 20.8 Å². The molecule has 0 spiro atoms. The average molecular weight is 197 g/mol. The van der Waals surface area contributed by atoms with Crippen LogP contribution in [0.25, 0.3) is 0 Å². The van der Waals surface area contributed by atoms with Crippen molar-refractivity contribution in [3.8, 4) is 0 Å². The second-order valence-corrected chi connectivity index (χ2v) is 3.87. The topological polar surface area (TPSA) is 68.0 Å². The molecular formula is C9H15N3O2. The van der Waals surface area contributed by atoms with E-state index in [0.717, 1.165) is 0 Å². The Bertz CT molecular complexity index is 318. The molecule has 0 aliphatic heterocycles. The molecule has 0 saturated carbocycles. The Morgan fingerprint density at radius 1 is 1.71 bits per heavy atom. The van der Waals surface area contributed by atoms with Crippen molar-refractivity contribution in [2.24, 2.45) is 0 Å². The number of aldehydes is 1. The second kappa shape index (κ2) is 3.88. The predicted octanol–water partition coefficient (Wildman–Crippen LogP) is 0.351. The lowest BCUT2D eigenvalue weighted by Crippen LogP contribution is -2.30. The van der Waals surface area contributed by atoms with Gasteiger partial charge in [-0.3, -0.25) is 0 Å². The molecule has 5 nitrogen and oxygen atoms in total. The molecule has 14 heavy (non-hydrogen) atoms. The minimum Gasteiger partial charge on any atom is -0.382 e. The SMILES string of the molecule is CC(C)n1ncnc1CC(C)(O)C=O. The van der Waals surface area contributed by atoms with Gasteiger partial charge in [-0.15, -0.1) is 0 Å². The summed E-state index contributed by atoms with van der Waals surface area (Å²) in [5.41, 5.74) is -1.36. The summed E-state index contributed by atoms with van der Waals surface area (Å²) in [5.74, 6) is 0.622. The van der Waals surface area contributed by atoms with E-state index in [4.69, 9.17) is 0 Å². The number of aromatic nitrogens is 3. The van der Waals surface area contributed by atoms with Crippen LogP contribution < -0.4 is 0 Å². The summed E-state index contributed by atoms with van der Waals surface area (Å²) >= 11 is 0. The highest BCUT2D eigenvalue weighted by molar-refractivity contribution is 5.61. The number of hydrogen-bond acceptors (Lipinski definition) is 4. The maximum absolute atomic E-state index is 10.5. The molecule has 0 radical (unpaired) electrons. The second-order valence-electron chi connectivity index (χ2n) is 3.87. The van der Waals surface area contributed by atoms with E-state index >= 15 is 0 Å². The van der Waals surface area contributed by atoms with Crippen LogP contribution in [0.15, 0.2) is 6.33 Å². The summed E-state index contributed by atoms with van der Waals surface area (Å²) in [6, 6.07) is 0.176. The van der Waals surface area contributed by atoms with E-state index in [1.165, 1.54) is 13.3 Å². The van der Waals surface area contributed by atoms with Crippen molar-refractivity contribution in [1.29, 1.82) is 0 Å². The van der Waals surface area contributed by atoms with Gasteiger partial charge in [0.15, 0.2) is 6.29 Å². The Labute approximate surface area is 82.8 Å². The summed E-state index contributed by atoms with van der Waals surface area (Å²) in [6.45, 7) is 5.39. The summed E-state index contributed by atoms with van der Waals surface area (Å²) in [4.78, 5) is 14.5. The zero-order chi connectivity index (χ0) is 10.8. The Morgan fingerprint density at radius 2 is 2.36 bits per heavy atom. The first kappa shape index (κ1) is 10.8. The number of rotatable bonds is 4. The van der Waals surface area contributed by atoms with Crippen LogP contribution in [0.2, 0.25) is 0 Å². The van der Waals surface area contributed by atoms with Crippen LogP contribution in [0, 0.1) is 0 Å². The van der Waals surface area contributed by atoms with Crippen LogP contribution in [-0.2, 0) is 11.2 Å². The van der Waals surface area contributed by atoms with Crippen molar-refractivity contribution in [3.63, 3.8) is 0 Å². The highest BCUT2D eigenvalue weighted by atomic mass is 16.3. The van der Waals surface area contributed by atoms with Crippen LogP contribution in [-0.4, -0.2) is 31.8 Å². The first-order chi connectivity index (χ1) is 6.46. The molecule has 1 heterocycles. The summed E-state index contributed by atoms with van der Waals surface area (Å²) in [5, 5.41) is 13.6. The van der Waals surface area contributed by atoms with Gasteiger partial charge in [-0.25, -0.2) is 9.67 Å². The smallest absolute Gasteiger partial charge is 0.151 e. The van der Waals surface area contributed by atoms with Crippen molar-refractivity contribution in [3.05, 3.63) is 12.2 Å². The molecule has 1 N–H and O–H groups in total. The Balaban J connectivity index is 2.86. The maximum Gasteiger partial charge on any atom is 0.151 e. The minimum absolute atomic E-state index is 0.176. The molecule has 0 saturated heterocycles. The van der Waals surface area contributed by atoms with Gasteiger partial charge in [0.1, 0.15) is 17.8 Å². The van der Waals surface area contributed by atoms with Crippen LogP contribution >= 0.6 is 0 Å². The third-order valence-electron chi connectivity index (χ3n) is 1.91. The Morgan fingerprint density at radius 3 is 2.86 bits per heavy atom. The van der Waals surface area contributed by atoms with Crippen molar-refractivity contribution in [1.82, 2.24) is 14.8 Å². The number of nitrogens with zero attached hydrogens (tertiary/aromatic N) is 3. The molecule has 5 heteroatoms. The van der Waals surface area contributed by atoms with Crippen molar-refractivity contribution in [2.75, 3.05) is 0 Å². The highest BCUT2D eigenvalue weighted by Gasteiger charge is 2.23. The lowest BCUT2D eigenvalue weighted by Gasteiger charge is -2.16. The summed E-state index contributed by atoms with van der Waals surface area (Å²) in [7, 11) is 0. The largest absolute Gasteiger partial charge is 0.382 e. The van der Waals surface area contributed by atoms with Gasteiger partial charge < -0.3 is 9.90 Å². The van der Waals surface area contributed by atoms with E-state index in [9.17, 15) is 9.90 Å². The van der Waals surface area contributed by atoms with E-state index < -0.39 is 5.60 Å². The zero-order valence-corrected chi connectivity index (χ0v) is 8.64. The predicted molar refractivity (Wildman–Crippen MR) is 50.8 cm³/mol. The average Bonchev–Trinajstić information content (AvgIpc) is 2.51. The fraction of sp³-hybridized carbons (Fsp3) is 0.667. The lowest BCUT2D eigenvalue weighted by atomic mass is 10.0. The van der Waals surface area contributed by atoms with E-state index in [0.29, 0.717) is 12.1 Å². The number of carbonyl (C=O) groups is 1. The molecular weight excluding hydrogens is 182 g/mol. The Hall–Kier alpha value is -1.23. The van der Waals surface area contributed by atoms with Crippen LogP contribution in [0.4, 0.5) is 0 Å². The minimum atomic E-state index is -1.36. The van der Waals surface area contributed by atoms with Gasteiger partial charge in [0.05, 0.1) is 0 Å². The molecule has 0 amide bonds. The molecule has 1 aromatic heterocycles. The highest BCUT2D eigenvalue weighted by Crippen LogP contribution is 2.11. The van der Waals surface area contributed by atoms with Crippen LogP contribution in [0.3, 0.4) is 0 Å². The molecule has 0 bridgehead atoms. The number of hydrogen-bond donors (Lipinski definition) is 1. The quantitative estimate of drug-likeness (QED) is 0.707. The van der Waals surface area contributed by atoms with E-state index in [2.05, 4.69) is 10.1 Å². The van der Waals surface area contributed by atoms with Gasteiger partial charge in [0, 0.05) is 12.5 Å². The molecule has 0 fully saturated rings. The first-order valence-electron chi connectivity index (χ1n) is 4.53. The lowest BCUT2D eigenvalue weighted by molar-refractivity contribution is -0.122. The summed E-state index contributed by atoms with van der Waals surface area (Å²) < 4.78 is 1.69. The zero-order valence-electron chi connectivity index (χ0n) is 8.64. The molecule has 78 valence electrons. The fourth-order valence-electron chi connectivity index (χ4n) is 1.19. The number of carbonyl (C=O) groups excluding carboxylic acids is 1. The van der Waals surface area contributed by atoms with Gasteiger partial charge in [0.25, 0.3) is 0 Å². The van der Waals surface area contributed by atoms with Gasteiger partial charge in [-0.2, -0.15) is 5.10 Å². The van der Waals surface area contributed by atoms with E-state index in [-0.39, 0.29) is 12.5 Å². The van der Waals surface area contributed by atoms with E-state index in [1.807, 2.05) is 13.8 Å². The van der Waals surface area contributed by atoms with Gasteiger partial charge >= 0.3 is 0 Å². The molecule has 1 rings (SSSR count). The first-order valence-corrected chi connectivity index (χ1v) is 4.53. The van der Waals surface area contributed by atoms with Crippen molar-refractivity contribution in [2.45, 2.75) is 38.8 Å². The monoisotopic (exact) mass is 197 g/mol. The maximum atomic E-state index is 10.5. The molecule has 0 aromatic carbocycles. The third kappa shape index (κ3) is 2.38. The standard InChI is InChI=1S/C9H15N3O2/c1-7(2)12-8(10-6-11-12)4-9(3,14)5-13/h5-7,14H,4H2,1-3H3. The van der Waals surface area contributed by atoms with Crippen molar-refractivity contribution < 1.29 is 9.90 Å². The molecule has 0 aliphatic carbocycles. The normalized spacial score (nSPS) is 15.5. The van der Waals surface area contributed by atoms with Crippen LogP contribution in [0.5, 0.6) is 0 Å². The molecule has 1 atom stereocenters. The number of aliphatic hydroxyl groups is 1. The van der Waals surface area contributed by atoms with E-state index in [1.54, 1.807) is 4.68 Å². The molecule has 0 aliphatic rings. The fourth-order valence-corrected chi connectivity index (χ4v) is 1.19. The van der Waals surface area contributed by atoms with Gasteiger partial charge in [-0.1, -0.05) is 0 Å². The molecule has 1 unspecified atom stereocenters. The van der Waals surface area contributed by atoms with Gasteiger partial charge in [0.2, 0.25) is 0 Å². The molecule has 1 aromatic rings. The summed E-state index contributed by atoms with van der Waals surface area (Å²) in [6.07, 6.45) is 2.14. The Kier molecular flexibility index (Phi) is 3.00. The third-order valence-corrected chi connectivity index (χ3v) is 1.91. The van der Waals surface area contributed by atoms with Crippen LogP contribution in [0.1, 0.15) is 32.6 Å².